The predicted molar refractivity (Wildman–Crippen MR) is 84.2 cm³/mol. The summed E-state index contributed by atoms with van der Waals surface area (Å²) in [4.78, 5) is 2.04. The molecule has 1 unspecified atom stereocenters. The molecular formula is C17H21FN2O. The zero-order valence-corrected chi connectivity index (χ0v) is 12.4. The van der Waals surface area contributed by atoms with Gasteiger partial charge in [0.05, 0.1) is 12.6 Å². The van der Waals surface area contributed by atoms with Crippen molar-refractivity contribution in [3.63, 3.8) is 0 Å². The lowest BCUT2D eigenvalue weighted by Gasteiger charge is -2.30. The summed E-state index contributed by atoms with van der Waals surface area (Å²) < 4.78 is 18.7. The molecule has 0 amide bonds. The Kier molecular flexibility index (Phi) is 5.17. The van der Waals surface area contributed by atoms with Crippen molar-refractivity contribution in [2.45, 2.75) is 13.0 Å². The molecule has 0 aliphatic heterocycles. The highest BCUT2D eigenvalue weighted by Crippen LogP contribution is 2.31. The summed E-state index contributed by atoms with van der Waals surface area (Å²) >= 11 is 0. The molecule has 0 saturated carbocycles. The standard InChI is InChI=1S/C17H21FN2O/c1-3-21-17-7-5-4-6-15(17)16(12-19)20(2)14-10-8-13(18)9-11-14/h4-11,16H,3,12,19H2,1-2H3. The molecule has 2 aromatic rings. The van der Waals surface area contributed by atoms with Crippen LogP contribution in [-0.2, 0) is 0 Å². The third-order valence-corrected chi connectivity index (χ3v) is 3.50. The smallest absolute Gasteiger partial charge is 0.124 e. The molecule has 3 nitrogen and oxygen atoms in total. The number of hydrogen-bond acceptors (Lipinski definition) is 3. The van der Waals surface area contributed by atoms with Crippen LogP contribution in [0.2, 0.25) is 0 Å². The van der Waals surface area contributed by atoms with Crippen LogP contribution in [0.25, 0.3) is 0 Å². The average molecular weight is 288 g/mol. The second kappa shape index (κ2) is 7.09. The van der Waals surface area contributed by atoms with Gasteiger partial charge in [-0.2, -0.15) is 0 Å². The highest BCUT2D eigenvalue weighted by molar-refractivity contribution is 5.50. The molecule has 21 heavy (non-hydrogen) atoms. The Hall–Kier alpha value is -2.07. The summed E-state index contributed by atoms with van der Waals surface area (Å²) in [5.41, 5.74) is 7.92. The average Bonchev–Trinajstić information content (AvgIpc) is 2.50. The van der Waals surface area contributed by atoms with Gasteiger partial charge in [0, 0.05) is 24.8 Å². The van der Waals surface area contributed by atoms with E-state index in [1.165, 1.54) is 12.1 Å². The first-order chi connectivity index (χ1) is 10.2. The summed E-state index contributed by atoms with van der Waals surface area (Å²) in [5, 5.41) is 0. The predicted octanol–water partition coefficient (Wildman–Crippen LogP) is 3.36. The molecule has 2 N–H and O–H groups in total. The van der Waals surface area contributed by atoms with Crippen molar-refractivity contribution in [1.29, 1.82) is 0 Å². The minimum absolute atomic E-state index is 0.0294. The van der Waals surface area contributed by atoms with E-state index in [0.717, 1.165) is 17.0 Å². The number of likely N-dealkylation sites (N-methyl/N-ethyl adjacent to an activating group) is 1. The van der Waals surface area contributed by atoms with Gasteiger partial charge in [0.2, 0.25) is 0 Å². The Bertz CT molecular complexity index is 571. The lowest BCUT2D eigenvalue weighted by Crippen LogP contribution is -2.30. The van der Waals surface area contributed by atoms with Crippen LogP contribution in [-0.4, -0.2) is 20.2 Å². The Labute approximate surface area is 125 Å². The summed E-state index contributed by atoms with van der Waals surface area (Å²) in [6.07, 6.45) is 0. The molecule has 0 aliphatic carbocycles. The fraction of sp³-hybridized carbons (Fsp3) is 0.294. The van der Waals surface area contributed by atoms with Gasteiger partial charge in [0.25, 0.3) is 0 Å². The lowest BCUT2D eigenvalue weighted by atomic mass is 10.0. The molecule has 112 valence electrons. The van der Waals surface area contributed by atoms with E-state index in [-0.39, 0.29) is 11.9 Å². The molecule has 0 aliphatic rings. The Balaban J connectivity index is 2.32. The van der Waals surface area contributed by atoms with Gasteiger partial charge in [-0.05, 0) is 37.3 Å². The van der Waals surface area contributed by atoms with E-state index in [9.17, 15) is 4.39 Å². The highest BCUT2D eigenvalue weighted by atomic mass is 19.1. The number of halogens is 1. The monoisotopic (exact) mass is 288 g/mol. The molecule has 0 fully saturated rings. The number of nitrogens with zero attached hydrogens (tertiary/aromatic N) is 1. The van der Waals surface area contributed by atoms with Crippen LogP contribution >= 0.6 is 0 Å². The normalized spacial score (nSPS) is 12.0. The first-order valence-corrected chi connectivity index (χ1v) is 7.07. The van der Waals surface area contributed by atoms with Crippen LogP contribution in [0.1, 0.15) is 18.5 Å². The summed E-state index contributed by atoms with van der Waals surface area (Å²) in [7, 11) is 1.95. The zero-order chi connectivity index (χ0) is 15.2. The van der Waals surface area contributed by atoms with Crippen LogP contribution in [0, 0.1) is 5.82 Å². The van der Waals surface area contributed by atoms with E-state index >= 15 is 0 Å². The fourth-order valence-corrected chi connectivity index (χ4v) is 2.39. The topological polar surface area (TPSA) is 38.5 Å². The van der Waals surface area contributed by atoms with Gasteiger partial charge < -0.3 is 15.4 Å². The van der Waals surface area contributed by atoms with E-state index in [0.29, 0.717) is 13.2 Å². The maximum atomic E-state index is 13.1. The Morgan fingerprint density at radius 2 is 1.81 bits per heavy atom. The molecule has 0 bridgehead atoms. The van der Waals surface area contributed by atoms with E-state index in [1.54, 1.807) is 12.1 Å². The molecule has 0 spiro atoms. The van der Waals surface area contributed by atoms with Crippen molar-refractivity contribution in [2.24, 2.45) is 5.73 Å². The van der Waals surface area contributed by atoms with Gasteiger partial charge in [-0.15, -0.1) is 0 Å². The molecule has 0 aromatic heterocycles. The van der Waals surface area contributed by atoms with Gasteiger partial charge >= 0.3 is 0 Å². The summed E-state index contributed by atoms with van der Waals surface area (Å²) in [6.45, 7) is 3.00. The highest BCUT2D eigenvalue weighted by Gasteiger charge is 2.19. The third kappa shape index (κ3) is 3.52. The molecule has 4 heteroatoms. The second-order valence-electron chi connectivity index (χ2n) is 4.81. The number of hydrogen-bond donors (Lipinski definition) is 1. The largest absolute Gasteiger partial charge is 0.494 e. The van der Waals surface area contributed by atoms with Crippen molar-refractivity contribution in [1.82, 2.24) is 0 Å². The molecule has 0 saturated heterocycles. The van der Waals surface area contributed by atoms with E-state index in [1.807, 2.05) is 43.1 Å². The van der Waals surface area contributed by atoms with Crippen molar-refractivity contribution >= 4 is 5.69 Å². The number of anilines is 1. The van der Waals surface area contributed by atoms with Crippen LogP contribution in [0.5, 0.6) is 5.75 Å². The van der Waals surface area contributed by atoms with Crippen molar-refractivity contribution in [2.75, 3.05) is 25.1 Å². The third-order valence-electron chi connectivity index (χ3n) is 3.50. The Morgan fingerprint density at radius 3 is 2.43 bits per heavy atom. The van der Waals surface area contributed by atoms with Crippen molar-refractivity contribution in [3.05, 3.63) is 59.9 Å². The van der Waals surface area contributed by atoms with Crippen molar-refractivity contribution < 1.29 is 9.13 Å². The van der Waals surface area contributed by atoms with Gasteiger partial charge in [0.15, 0.2) is 0 Å². The van der Waals surface area contributed by atoms with Gasteiger partial charge in [-0.25, -0.2) is 4.39 Å². The van der Waals surface area contributed by atoms with Gasteiger partial charge in [-0.1, -0.05) is 18.2 Å². The first-order valence-electron chi connectivity index (χ1n) is 7.07. The van der Waals surface area contributed by atoms with Crippen molar-refractivity contribution in [3.8, 4) is 5.75 Å². The fourth-order valence-electron chi connectivity index (χ4n) is 2.39. The number of para-hydroxylation sites is 1. The molecule has 2 rings (SSSR count). The van der Waals surface area contributed by atoms with E-state index in [4.69, 9.17) is 10.5 Å². The zero-order valence-electron chi connectivity index (χ0n) is 12.4. The maximum absolute atomic E-state index is 13.1. The number of rotatable bonds is 6. The van der Waals surface area contributed by atoms with E-state index < -0.39 is 0 Å². The molecule has 1 atom stereocenters. The summed E-state index contributed by atoms with van der Waals surface area (Å²) in [6, 6.07) is 14.3. The summed E-state index contributed by atoms with van der Waals surface area (Å²) in [5.74, 6) is 0.593. The SMILES string of the molecule is CCOc1ccccc1C(CN)N(C)c1ccc(F)cc1. The van der Waals surface area contributed by atoms with Crippen LogP contribution in [0.3, 0.4) is 0 Å². The molecule has 2 aromatic carbocycles. The van der Waals surface area contributed by atoms with Gasteiger partial charge in [-0.3, -0.25) is 0 Å². The molecule has 0 radical (unpaired) electrons. The number of ether oxygens (including phenoxy) is 1. The minimum Gasteiger partial charge on any atom is -0.494 e. The molecular weight excluding hydrogens is 267 g/mol. The number of benzene rings is 2. The Morgan fingerprint density at radius 1 is 1.14 bits per heavy atom. The van der Waals surface area contributed by atoms with Gasteiger partial charge in [0.1, 0.15) is 11.6 Å². The van der Waals surface area contributed by atoms with Crippen LogP contribution < -0.4 is 15.4 Å². The quantitative estimate of drug-likeness (QED) is 0.886. The number of nitrogens with two attached hydrogens (primary N) is 1. The molecule has 0 heterocycles. The second-order valence-corrected chi connectivity index (χ2v) is 4.81. The lowest BCUT2D eigenvalue weighted by molar-refractivity contribution is 0.334. The van der Waals surface area contributed by atoms with E-state index in [2.05, 4.69) is 0 Å². The minimum atomic E-state index is -0.244. The first kappa shape index (κ1) is 15.3. The maximum Gasteiger partial charge on any atom is 0.124 e. The van der Waals surface area contributed by atoms with Crippen LogP contribution in [0.15, 0.2) is 48.5 Å². The van der Waals surface area contributed by atoms with Crippen LogP contribution in [0.4, 0.5) is 10.1 Å².